The quantitative estimate of drug-likeness (QED) is 0.541. The molecule has 4 heterocycles. The lowest BCUT2D eigenvalue weighted by Crippen LogP contribution is -2.36. The van der Waals surface area contributed by atoms with Crippen LogP contribution in [-0.4, -0.2) is 43.1 Å². The fourth-order valence-electron chi connectivity index (χ4n) is 3.22. The van der Waals surface area contributed by atoms with Crippen LogP contribution in [0, 0.1) is 0 Å². The Morgan fingerprint density at radius 3 is 2.70 bits per heavy atom. The maximum atomic E-state index is 13.1. The van der Waals surface area contributed by atoms with E-state index in [4.69, 9.17) is 4.42 Å². The number of furan rings is 1. The van der Waals surface area contributed by atoms with Crippen LogP contribution in [0.4, 0.5) is 0 Å². The number of carbonyl (C=O) groups is 1. The highest BCUT2D eigenvalue weighted by Crippen LogP contribution is 2.21. The van der Waals surface area contributed by atoms with Crippen LogP contribution in [0.25, 0.3) is 28.1 Å². The summed E-state index contributed by atoms with van der Waals surface area (Å²) in [7, 11) is 0. The zero-order valence-corrected chi connectivity index (χ0v) is 15.1. The minimum absolute atomic E-state index is 0.0412. The number of carbonyl (C=O) groups excluding carboxylic acids is 1. The number of fused-ring (bicyclic) bond motifs is 3. The summed E-state index contributed by atoms with van der Waals surface area (Å²) < 4.78 is 8.36. The largest absolute Gasteiger partial charge is 0.463 e. The number of nitrogens with zero attached hydrogens (tertiary/aromatic N) is 5. The summed E-state index contributed by atoms with van der Waals surface area (Å²) in [6.45, 7) is 4.98. The van der Waals surface area contributed by atoms with Gasteiger partial charge >= 0.3 is 0 Å². The normalized spacial score (nSPS) is 11.3. The average molecular weight is 365 g/mol. The van der Waals surface area contributed by atoms with E-state index in [-0.39, 0.29) is 18.0 Å². The highest BCUT2D eigenvalue weighted by atomic mass is 16.3. The molecule has 0 aliphatic heterocycles. The maximum absolute atomic E-state index is 13.1. The number of hydrogen-bond acceptors (Lipinski definition) is 5. The van der Waals surface area contributed by atoms with E-state index in [1.165, 1.54) is 9.08 Å². The molecule has 4 aromatic rings. The van der Waals surface area contributed by atoms with Crippen LogP contribution in [0.15, 0.2) is 52.0 Å². The maximum Gasteiger partial charge on any atom is 0.277 e. The van der Waals surface area contributed by atoms with E-state index < -0.39 is 0 Å². The number of pyridine rings is 1. The van der Waals surface area contributed by atoms with Gasteiger partial charge < -0.3 is 9.32 Å². The van der Waals surface area contributed by atoms with Crippen molar-refractivity contribution in [3.8, 4) is 11.5 Å². The lowest BCUT2D eigenvalue weighted by atomic mass is 10.3. The molecule has 0 aliphatic carbocycles. The van der Waals surface area contributed by atoms with Crippen LogP contribution in [-0.2, 0) is 11.3 Å². The first-order valence-electron chi connectivity index (χ1n) is 8.83. The van der Waals surface area contributed by atoms with Crippen molar-refractivity contribution in [2.24, 2.45) is 0 Å². The van der Waals surface area contributed by atoms with Crippen molar-refractivity contribution in [1.29, 1.82) is 0 Å². The summed E-state index contributed by atoms with van der Waals surface area (Å²) in [5, 5.41) is 4.48. The van der Waals surface area contributed by atoms with Gasteiger partial charge in [0, 0.05) is 25.4 Å². The topological polar surface area (TPSA) is 85.6 Å². The Bertz CT molecular complexity index is 1170. The number of hydrogen-bond donors (Lipinski definition) is 0. The molecule has 138 valence electrons. The summed E-state index contributed by atoms with van der Waals surface area (Å²) in [5.74, 6) is 0.454. The fourth-order valence-corrected chi connectivity index (χ4v) is 3.22. The second kappa shape index (κ2) is 6.71. The number of aromatic nitrogens is 4. The molecule has 27 heavy (non-hydrogen) atoms. The minimum atomic E-state index is -0.290. The average Bonchev–Trinajstić information content (AvgIpc) is 3.35. The molecule has 0 radical (unpaired) electrons. The van der Waals surface area contributed by atoms with Crippen molar-refractivity contribution in [3.63, 3.8) is 0 Å². The predicted molar refractivity (Wildman–Crippen MR) is 100 cm³/mol. The van der Waals surface area contributed by atoms with E-state index >= 15 is 0 Å². The van der Waals surface area contributed by atoms with Gasteiger partial charge in [-0.25, -0.2) is 9.50 Å². The van der Waals surface area contributed by atoms with Gasteiger partial charge in [-0.05, 0) is 38.1 Å². The third kappa shape index (κ3) is 2.79. The minimum Gasteiger partial charge on any atom is -0.463 e. The molecule has 0 aliphatic rings. The zero-order chi connectivity index (χ0) is 19.0. The molecule has 0 unspecified atom stereocenters. The van der Waals surface area contributed by atoms with Crippen LogP contribution >= 0.6 is 0 Å². The molecule has 0 bridgehead atoms. The van der Waals surface area contributed by atoms with Gasteiger partial charge in [-0.2, -0.15) is 5.10 Å². The second-order valence-corrected chi connectivity index (χ2v) is 6.11. The van der Waals surface area contributed by atoms with E-state index in [1.54, 1.807) is 47.7 Å². The summed E-state index contributed by atoms with van der Waals surface area (Å²) in [6.07, 6.45) is 3.19. The van der Waals surface area contributed by atoms with Crippen LogP contribution in [0.5, 0.6) is 0 Å². The van der Waals surface area contributed by atoms with Gasteiger partial charge in [0.15, 0.2) is 11.4 Å². The molecule has 0 saturated heterocycles. The van der Waals surface area contributed by atoms with Crippen LogP contribution in [0.1, 0.15) is 13.8 Å². The van der Waals surface area contributed by atoms with Crippen molar-refractivity contribution in [2.75, 3.05) is 13.1 Å². The van der Waals surface area contributed by atoms with E-state index in [0.717, 1.165) is 0 Å². The van der Waals surface area contributed by atoms with Gasteiger partial charge in [-0.3, -0.25) is 14.2 Å². The van der Waals surface area contributed by atoms with E-state index in [9.17, 15) is 9.59 Å². The van der Waals surface area contributed by atoms with Crippen molar-refractivity contribution >= 4 is 22.6 Å². The number of rotatable bonds is 5. The molecule has 0 N–H and O–H groups in total. The first-order chi connectivity index (χ1) is 13.1. The van der Waals surface area contributed by atoms with Gasteiger partial charge in [0.25, 0.3) is 5.56 Å². The Morgan fingerprint density at radius 1 is 1.19 bits per heavy atom. The second-order valence-electron chi connectivity index (χ2n) is 6.11. The summed E-state index contributed by atoms with van der Waals surface area (Å²) in [6, 6.07) is 8.71. The van der Waals surface area contributed by atoms with Crippen LogP contribution in [0.3, 0.4) is 0 Å². The number of amides is 1. The first kappa shape index (κ1) is 17.0. The summed E-state index contributed by atoms with van der Waals surface area (Å²) in [5.41, 5.74) is 1.67. The molecular formula is C19H19N5O3. The number of likely N-dealkylation sites (N-methyl/N-ethyl adjacent to an activating group) is 1. The molecule has 8 heteroatoms. The third-order valence-corrected chi connectivity index (χ3v) is 4.61. The highest BCUT2D eigenvalue weighted by Gasteiger charge is 2.19. The monoisotopic (exact) mass is 365 g/mol. The van der Waals surface area contributed by atoms with Gasteiger partial charge in [-0.15, -0.1) is 0 Å². The summed E-state index contributed by atoms with van der Waals surface area (Å²) >= 11 is 0. The van der Waals surface area contributed by atoms with Crippen LogP contribution < -0.4 is 5.56 Å². The molecule has 0 fully saturated rings. The first-order valence-corrected chi connectivity index (χ1v) is 8.83. The van der Waals surface area contributed by atoms with E-state index in [1.807, 2.05) is 13.8 Å². The molecule has 0 aromatic carbocycles. The Labute approximate surface area is 154 Å². The summed E-state index contributed by atoms with van der Waals surface area (Å²) in [4.78, 5) is 31.8. The Morgan fingerprint density at radius 2 is 2.00 bits per heavy atom. The van der Waals surface area contributed by atoms with Gasteiger partial charge in [0.1, 0.15) is 17.8 Å². The van der Waals surface area contributed by atoms with Crippen LogP contribution in [0.2, 0.25) is 0 Å². The lowest BCUT2D eigenvalue weighted by molar-refractivity contribution is -0.131. The predicted octanol–water partition coefficient (Wildman–Crippen LogP) is 2.17. The molecule has 4 rings (SSSR count). The molecule has 0 saturated carbocycles. The smallest absolute Gasteiger partial charge is 0.277 e. The Balaban J connectivity index is 1.94. The SMILES string of the molecule is CCN(CC)C(=O)Cn1c(=O)c2cc(-c3ccco3)nn2c2ncccc21. The molecular weight excluding hydrogens is 346 g/mol. The van der Waals surface area contributed by atoms with Gasteiger partial charge in [0.2, 0.25) is 5.91 Å². The molecule has 4 aromatic heterocycles. The molecule has 0 spiro atoms. The fraction of sp³-hybridized carbons (Fsp3) is 0.263. The van der Waals surface area contributed by atoms with Crippen molar-refractivity contribution in [1.82, 2.24) is 24.1 Å². The van der Waals surface area contributed by atoms with Crippen molar-refractivity contribution < 1.29 is 9.21 Å². The lowest BCUT2D eigenvalue weighted by Gasteiger charge is -2.20. The third-order valence-electron chi connectivity index (χ3n) is 4.61. The highest BCUT2D eigenvalue weighted by molar-refractivity contribution is 5.81. The standard InChI is InChI=1S/C19H19N5O3/c1-3-22(4-2)17(25)12-23-14-7-5-9-20-18(14)24-15(19(23)26)11-13(21-24)16-8-6-10-27-16/h5-11H,3-4,12H2,1-2H3. The van der Waals surface area contributed by atoms with Crippen molar-refractivity contribution in [3.05, 3.63) is 53.1 Å². The van der Waals surface area contributed by atoms with Gasteiger partial charge in [-0.1, -0.05) is 0 Å². The molecule has 1 amide bonds. The Kier molecular flexibility index (Phi) is 4.23. The molecule has 8 nitrogen and oxygen atoms in total. The molecule has 0 atom stereocenters. The van der Waals surface area contributed by atoms with Gasteiger partial charge in [0.05, 0.1) is 11.8 Å². The Hall–Kier alpha value is -3.42. The van der Waals surface area contributed by atoms with Crippen molar-refractivity contribution in [2.45, 2.75) is 20.4 Å². The zero-order valence-electron chi connectivity index (χ0n) is 15.1. The van der Waals surface area contributed by atoms with E-state index in [0.29, 0.717) is 41.2 Å². The van der Waals surface area contributed by atoms with E-state index in [2.05, 4.69) is 10.1 Å².